The Labute approximate surface area is 84.8 Å². The molecule has 0 amide bonds. The standard InChI is InChI=1S/C13H16O/c1-9-8-13(14,10-6-7-10)12-5-3-2-4-11(9)12/h2-5,9-10,14H,6-8H2,1H3. The van der Waals surface area contributed by atoms with Gasteiger partial charge in [-0.3, -0.25) is 0 Å². The van der Waals surface area contributed by atoms with Crippen molar-refractivity contribution in [3.05, 3.63) is 35.4 Å². The topological polar surface area (TPSA) is 20.2 Å². The Kier molecular flexibility index (Phi) is 1.58. The zero-order valence-corrected chi connectivity index (χ0v) is 8.53. The van der Waals surface area contributed by atoms with Crippen LogP contribution in [0, 0.1) is 5.92 Å². The van der Waals surface area contributed by atoms with Crippen molar-refractivity contribution >= 4 is 0 Å². The summed E-state index contributed by atoms with van der Waals surface area (Å²) in [6.07, 6.45) is 3.34. The Bertz CT molecular complexity index is 367. The molecule has 14 heavy (non-hydrogen) atoms. The van der Waals surface area contributed by atoms with Crippen molar-refractivity contribution in [2.45, 2.75) is 37.7 Å². The van der Waals surface area contributed by atoms with Crippen LogP contribution in [-0.4, -0.2) is 5.11 Å². The third-order valence-corrected chi connectivity index (χ3v) is 3.83. The smallest absolute Gasteiger partial charge is 0.0933 e. The minimum Gasteiger partial charge on any atom is -0.385 e. The first kappa shape index (κ1) is 8.49. The van der Waals surface area contributed by atoms with Gasteiger partial charge in [-0.05, 0) is 42.2 Å². The van der Waals surface area contributed by atoms with E-state index in [0.717, 1.165) is 6.42 Å². The van der Waals surface area contributed by atoms with Gasteiger partial charge in [0.05, 0.1) is 5.60 Å². The van der Waals surface area contributed by atoms with Crippen LogP contribution >= 0.6 is 0 Å². The molecule has 1 aromatic carbocycles. The second kappa shape index (κ2) is 2.60. The number of hydrogen-bond acceptors (Lipinski definition) is 1. The van der Waals surface area contributed by atoms with Crippen molar-refractivity contribution < 1.29 is 5.11 Å². The van der Waals surface area contributed by atoms with Crippen molar-refractivity contribution in [2.24, 2.45) is 5.92 Å². The lowest BCUT2D eigenvalue weighted by atomic mass is 9.90. The van der Waals surface area contributed by atoms with E-state index in [1.54, 1.807) is 0 Å². The number of rotatable bonds is 1. The molecule has 74 valence electrons. The molecule has 1 nitrogen and oxygen atoms in total. The van der Waals surface area contributed by atoms with Crippen LogP contribution in [0.5, 0.6) is 0 Å². The number of aliphatic hydroxyl groups is 1. The van der Waals surface area contributed by atoms with E-state index < -0.39 is 5.60 Å². The molecule has 3 rings (SSSR count). The molecule has 1 saturated carbocycles. The van der Waals surface area contributed by atoms with E-state index in [9.17, 15) is 5.11 Å². The molecule has 2 aliphatic carbocycles. The summed E-state index contributed by atoms with van der Waals surface area (Å²) in [6.45, 7) is 2.22. The highest BCUT2D eigenvalue weighted by molar-refractivity contribution is 5.41. The minimum atomic E-state index is -0.490. The van der Waals surface area contributed by atoms with Gasteiger partial charge in [-0.25, -0.2) is 0 Å². The van der Waals surface area contributed by atoms with Crippen LogP contribution in [0.15, 0.2) is 24.3 Å². The molecule has 0 bridgehead atoms. The normalized spacial score (nSPS) is 35.7. The van der Waals surface area contributed by atoms with Crippen molar-refractivity contribution in [3.63, 3.8) is 0 Å². The average Bonchev–Trinajstić information content (AvgIpc) is 2.98. The molecule has 0 radical (unpaired) electrons. The molecular weight excluding hydrogens is 172 g/mol. The van der Waals surface area contributed by atoms with Gasteiger partial charge in [0.2, 0.25) is 0 Å². The summed E-state index contributed by atoms with van der Waals surface area (Å²) >= 11 is 0. The van der Waals surface area contributed by atoms with E-state index in [1.165, 1.54) is 24.0 Å². The lowest BCUT2D eigenvalue weighted by Crippen LogP contribution is -2.24. The second-order valence-corrected chi connectivity index (χ2v) is 4.89. The lowest BCUT2D eigenvalue weighted by molar-refractivity contribution is 0.0112. The van der Waals surface area contributed by atoms with Crippen LogP contribution in [0.3, 0.4) is 0 Å². The molecule has 0 spiro atoms. The molecular formula is C13H16O. The Hall–Kier alpha value is -0.820. The Morgan fingerprint density at radius 2 is 2.00 bits per heavy atom. The molecule has 0 saturated heterocycles. The van der Waals surface area contributed by atoms with E-state index in [1.807, 2.05) is 6.07 Å². The number of hydrogen-bond donors (Lipinski definition) is 1. The molecule has 2 atom stereocenters. The molecule has 1 heteroatoms. The van der Waals surface area contributed by atoms with Crippen molar-refractivity contribution in [2.75, 3.05) is 0 Å². The summed E-state index contributed by atoms with van der Waals surface area (Å²) in [5.41, 5.74) is 2.08. The minimum absolute atomic E-state index is 0.490. The maximum Gasteiger partial charge on any atom is 0.0933 e. The Balaban J connectivity index is 2.12. The molecule has 1 aromatic rings. The predicted octanol–water partition coefficient (Wildman–Crippen LogP) is 2.79. The van der Waals surface area contributed by atoms with E-state index in [0.29, 0.717) is 11.8 Å². The second-order valence-electron chi connectivity index (χ2n) is 4.89. The molecule has 2 aliphatic rings. The fourth-order valence-electron chi connectivity index (χ4n) is 2.96. The first-order chi connectivity index (χ1) is 6.72. The van der Waals surface area contributed by atoms with Crippen molar-refractivity contribution in [1.29, 1.82) is 0 Å². The van der Waals surface area contributed by atoms with Gasteiger partial charge in [0.15, 0.2) is 0 Å². The predicted molar refractivity (Wildman–Crippen MR) is 56.1 cm³/mol. The molecule has 0 aliphatic heterocycles. The van der Waals surface area contributed by atoms with Gasteiger partial charge in [0.1, 0.15) is 0 Å². The van der Waals surface area contributed by atoms with Crippen LogP contribution in [0.4, 0.5) is 0 Å². The van der Waals surface area contributed by atoms with Crippen LogP contribution < -0.4 is 0 Å². The third kappa shape index (κ3) is 0.992. The van der Waals surface area contributed by atoms with Gasteiger partial charge in [-0.1, -0.05) is 31.2 Å². The van der Waals surface area contributed by atoms with Crippen LogP contribution in [0.25, 0.3) is 0 Å². The fourth-order valence-corrected chi connectivity index (χ4v) is 2.96. The molecule has 1 N–H and O–H groups in total. The highest BCUT2D eigenvalue weighted by atomic mass is 16.3. The summed E-state index contributed by atoms with van der Waals surface area (Å²) in [4.78, 5) is 0. The van der Waals surface area contributed by atoms with E-state index in [-0.39, 0.29) is 0 Å². The summed E-state index contributed by atoms with van der Waals surface area (Å²) in [7, 11) is 0. The summed E-state index contributed by atoms with van der Waals surface area (Å²) in [6, 6.07) is 8.40. The number of fused-ring (bicyclic) bond motifs is 1. The lowest BCUT2D eigenvalue weighted by Gasteiger charge is -2.23. The summed E-state index contributed by atoms with van der Waals surface area (Å²) in [5, 5.41) is 10.7. The molecule has 0 heterocycles. The van der Waals surface area contributed by atoms with Crippen LogP contribution in [0.1, 0.15) is 43.2 Å². The largest absolute Gasteiger partial charge is 0.385 e. The SMILES string of the molecule is CC1CC(O)(C2CC2)c2ccccc21. The molecule has 0 aromatic heterocycles. The first-order valence-electron chi connectivity index (χ1n) is 5.53. The maximum atomic E-state index is 10.7. The van der Waals surface area contributed by atoms with Crippen molar-refractivity contribution in [3.8, 4) is 0 Å². The first-order valence-corrected chi connectivity index (χ1v) is 5.53. The zero-order chi connectivity index (χ0) is 9.76. The Morgan fingerprint density at radius 3 is 2.71 bits per heavy atom. The van der Waals surface area contributed by atoms with Gasteiger partial charge >= 0.3 is 0 Å². The van der Waals surface area contributed by atoms with E-state index in [2.05, 4.69) is 25.1 Å². The monoisotopic (exact) mass is 188 g/mol. The van der Waals surface area contributed by atoms with Crippen LogP contribution in [0.2, 0.25) is 0 Å². The highest BCUT2D eigenvalue weighted by Crippen LogP contribution is 2.55. The van der Waals surface area contributed by atoms with E-state index >= 15 is 0 Å². The quantitative estimate of drug-likeness (QED) is 0.718. The van der Waals surface area contributed by atoms with Gasteiger partial charge < -0.3 is 5.11 Å². The van der Waals surface area contributed by atoms with Gasteiger partial charge in [-0.2, -0.15) is 0 Å². The summed E-state index contributed by atoms with van der Waals surface area (Å²) < 4.78 is 0. The van der Waals surface area contributed by atoms with Gasteiger partial charge in [0, 0.05) is 0 Å². The van der Waals surface area contributed by atoms with Crippen molar-refractivity contribution in [1.82, 2.24) is 0 Å². The summed E-state index contributed by atoms with van der Waals surface area (Å²) in [5.74, 6) is 1.06. The van der Waals surface area contributed by atoms with E-state index in [4.69, 9.17) is 0 Å². The van der Waals surface area contributed by atoms with Gasteiger partial charge in [-0.15, -0.1) is 0 Å². The molecule has 1 fully saturated rings. The highest BCUT2D eigenvalue weighted by Gasteiger charge is 2.50. The molecule has 2 unspecified atom stereocenters. The maximum absolute atomic E-state index is 10.7. The fraction of sp³-hybridized carbons (Fsp3) is 0.538. The Morgan fingerprint density at radius 1 is 1.29 bits per heavy atom. The zero-order valence-electron chi connectivity index (χ0n) is 8.53. The average molecular weight is 188 g/mol. The van der Waals surface area contributed by atoms with Gasteiger partial charge in [0.25, 0.3) is 0 Å². The van der Waals surface area contributed by atoms with Crippen LogP contribution in [-0.2, 0) is 5.60 Å². The third-order valence-electron chi connectivity index (χ3n) is 3.83. The number of benzene rings is 1.